The molecular formula is C16H25N3O. The highest BCUT2D eigenvalue weighted by molar-refractivity contribution is 5.22. The Morgan fingerprint density at radius 1 is 1.40 bits per heavy atom. The average Bonchev–Trinajstić information content (AvgIpc) is 3.29. The number of nitrogens with zero attached hydrogens (tertiary/aromatic N) is 2. The van der Waals surface area contributed by atoms with Gasteiger partial charge in [-0.3, -0.25) is 0 Å². The monoisotopic (exact) mass is 275 g/mol. The molecule has 2 aliphatic rings. The molecule has 1 fully saturated rings. The van der Waals surface area contributed by atoms with Crippen molar-refractivity contribution in [1.82, 2.24) is 15.3 Å². The van der Waals surface area contributed by atoms with Gasteiger partial charge in [0.25, 0.3) is 0 Å². The minimum absolute atomic E-state index is 0.125. The lowest BCUT2D eigenvalue weighted by molar-refractivity contribution is 0.0397. The molecule has 3 rings (SSSR count). The Kier molecular flexibility index (Phi) is 4.32. The van der Waals surface area contributed by atoms with Crippen molar-refractivity contribution in [2.45, 2.75) is 45.1 Å². The molecule has 1 N–H and O–H groups in total. The van der Waals surface area contributed by atoms with Gasteiger partial charge >= 0.3 is 0 Å². The Morgan fingerprint density at radius 3 is 2.95 bits per heavy atom. The molecule has 0 amide bonds. The Balaban J connectivity index is 1.76. The number of rotatable bonds is 6. The molecule has 1 aromatic rings. The molecule has 0 aromatic carbocycles. The van der Waals surface area contributed by atoms with Crippen molar-refractivity contribution in [1.29, 1.82) is 0 Å². The van der Waals surface area contributed by atoms with Crippen molar-refractivity contribution in [3.63, 3.8) is 0 Å². The quantitative estimate of drug-likeness (QED) is 0.865. The fraction of sp³-hybridized carbons (Fsp3) is 0.750. The molecule has 110 valence electrons. The topological polar surface area (TPSA) is 47.0 Å². The van der Waals surface area contributed by atoms with Gasteiger partial charge in [0, 0.05) is 18.5 Å². The van der Waals surface area contributed by atoms with Crippen LogP contribution in [0.15, 0.2) is 6.20 Å². The van der Waals surface area contributed by atoms with E-state index >= 15 is 0 Å². The maximum atomic E-state index is 5.87. The molecule has 1 saturated carbocycles. The molecule has 0 saturated heterocycles. The smallest absolute Gasteiger partial charge is 0.157 e. The predicted octanol–water partition coefficient (Wildman–Crippen LogP) is 2.29. The van der Waals surface area contributed by atoms with Crippen LogP contribution in [0.4, 0.5) is 0 Å². The van der Waals surface area contributed by atoms with E-state index in [1.807, 2.05) is 13.2 Å². The van der Waals surface area contributed by atoms with E-state index in [0.717, 1.165) is 37.7 Å². The highest BCUT2D eigenvalue weighted by Crippen LogP contribution is 2.42. The van der Waals surface area contributed by atoms with Crippen molar-refractivity contribution >= 4 is 0 Å². The van der Waals surface area contributed by atoms with Gasteiger partial charge < -0.3 is 10.1 Å². The maximum Gasteiger partial charge on any atom is 0.157 e. The Bertz CT molecular complexity index is 459. The van der Waals surface area contributed by atoms with Crippen LogP contribution in [0.1, 0.15) is 49.4 Å². The van der Waals surface area contributed by atoms with Gasteiger partial charge in [0.15, 0.2) is 5.82 Å². The van der Waals surface area contributed by atoms with E-state index in [1.54, 1.807) is 0 Å². The van der Waals surface area contributed by atoms with Crippen molar-refractivity contribution in [3.05, 3.63) is 23.3 Å². The molecule has 20 heavy (non-hydrogen) atoms. The van der Waals surface area contributed by atoms with Crippen LogP contribution < -0.4 is 5.32 Å². The number of ether oxygens (including phenoxy) is 1. The summed E-state index contributed by atoms with van der Waals surface area (Å²) in [7, 11) is 2.03. The number of hydrogen-bond donors (Lipinski definition) is 1. The van der Waals surface area contributed by atoms with Crippen LogP contribution >= 0.6 is 0 Å². The number of aromatic nitrogens is 2. The van der Waals surface area contributed by atoms with E-state index in [9.17, 15) is 0 Å². The number of aryl methyl sites for hydroxylation is 1. The minimum atomic E-state index is 0.125. The Morgan fingerprint density at radius 2 is 2.25 bits per heavy atom. The molecule has 2 atom stereocenters. The number of nitrogens with one attached hydrogen (secondary N) is 1. The predicted molar refractivity (Wildman–Crippen MR) is 78.6 cm³/mol. The molecule has 0 radical (unpaired) electrons. The van der Waals surface area contributed by atoms with Crippen LogP contribution in [-0.4, -0.2) is 30.2 Å². The van der Waals surface area contributed by atoms with Gasteiger partial charge in [-0.1, -0.05) is 0 Å². The number of hydrogen-bond acceptors (Lipinski definition) is 4. The molecule has 1 heterocycles. The van der Waals surface area contributed by atoms with Gasteiger partial charge in [-0.15, -0.1) is 0 Å². The summed E-state index contributed by atoms with van der Waals surface area (Å²) in [5.41, 5.74) is 2.60. The van der Waals surface area contributed by atoms with Gasteiger partial charge in [-0.25, -0.2) is 9.97 Å². The van der Waals surface area contributed by atoms with Gasteiger partial charge in [-0.05, 0) is 70.0 Å². The van der Waals surface area contributed by atoms with E-state index in [-0.39, 0.29) is 6.10 Å². The zero-order valence-corrected chi connectivity index (χ0v) is 12.6. The van der Waals surface area contributed by atoms with Gasteiger partial charge in [0.05, 0.1) is 0 Å². The van der Waals surface area contributed by atoms with E-state index in [0.29, 0.717) is 5.92 Å². The van der Waals surface area contributed by atoms with E-state index in [2.05, 4.69) is 17.2 Å². The second-order valence-electron chi connectivity index (χ2n) is 6.08. The summed E-state index contributed by atoms with van der Waals surface area (Å²) >= 11 is 0. The molecule has 1 aromatic heterocycles. The molecule has 0 bridgehead atoms. The summed E-state index contributed by atoms with van der Waals surface area (Å²) in [6, 6.07) is 0. The third kappa shape index (κ3) is 3.01. The Hall–Kier alpha value is -1.00. The van der Waals surface area contributed by atoms with E-state index in [4.69, 9.17) is 9.72 Å². The van der Waals surface area contributed by atoms with Crippen molar-refractivity contribution in [2.24, 2.45) is 11.8 Å². The first kappa shape index (κ1) is 14.0. The summed E-state index contributed by atoms with van der Waals surface area (Å²) in [5.74, 6) is 2.29. The third-order valence-corrected chi connectivity index (χ3v) is 4.41. The molecule has 0 spiro atoms. The van der Waals surface area contributed by atoms with Crippen LogP contribution in [0, 0.1) is 11.8 Å². The second-order valence-corrected chi connectivity index (χ2v) is 6.08. The minimum Gasteiger partial charge on any atom is -0.370 e. The molecular weight excluding hydrogens is 250 g/mol. The Labute approximate surface area is 121 Å². The zero-order chi connectivity index (χ0) is 13.9. The first-order valence-corrected chi connectivity index (χ1v) is 7.92. The van der Waals surface area contributed by atoms with Crippen LogP contribution in [0.2, 0.25) is 0 Å². The summed E-state index contributed by atoms with van der Waals surface area (Å²) in [6.45, 7) is 3.88. The lowest BCUT2D eigenvalue weighted by atomic mass is 9.87. The van der Waals surface area contributed by atoms with Crippen LogP contribution in [0.5, 0.6) is 0 Å². The molecule has 4 nitrogen and oxygen atoms in total. The molecule has 2 unspecified atom stereocenters. The summed E-state index contributed by atoms with van der Waals surface area (Å²) in [6.07, 6.45) is 8.12. The molecule has 2 aliphatic carbocycles. The lowest BCUT2D eigenvalue weighted by Gasteiger charge is -2.24. The standard InChI is InChI=1S/C16H25N3O/c1-3-20-15(12-5-6-12)16-18-10-13-8-11(9-17-2)4-7-14(13)19-16/h10-12,15,17H,3-9H2,1-2H3. The first-order chi connectivity index (χ1) is 9.81. The fourth-order valence-corrected chi connectivity index (χ4v) is 3.20. The summed E-state index contributed by atoms with van der Waals surface area (Å²) < 4.78 is 5.87. The second kappa shape index (κ2) is 6.19. The third-order valence-electron chi connectivity index (χ3n) is 4.41. The maximum absolute atomic E-state index is 5.87. The number of fused-ring (bicyclic) bond motifs is 1. The van der Waals surface area contributed by atoms with Crippen molar-refractivity contribution in [2.75, 3.05) is 20.2 Å². The SMILES string of the molecule is CCOC(c1ncc2c(n1)CCC(CNC)C2)C1CC1. The fourth-order valence-electron chi connectivity index (χ4n) is 3.20. The summed E-state index contributed by atoms with van der Waals surface area (Å²) in [4.78, 5) is 9.44. The van der Waals surface area contributed by atoms with Crippen LogP contribution in [0.3, 0.4) is 0 Å². The van der Waals surface area contributed by atoms with E-state index < -0.39 is 0 Å². The largest absolute Gasteiger partial charge is 0.370 e. The van der Waals surface area contributed by atoms with Crippen LogP contribution in [0.25, 0.3) is 0 Å². The lowest BCUT2D eigenvalue weighted by Crippen LogP contribution is -2.26. The van der Waals surface area contributed by atoms with Crippen LogP contribution in [-0.2, 0) is 17.6 Å². The van der Waals surface area contributed by atoms with Gasteiger partial charge in [-0.2, -0.15) is 0 Å². The zero-order valence-electron chi connectivity index (χ0n) is 12.6. The highest BCUT2D eigenvalue weighted by Gasteiger charge is 2.35. The first-order valence-electron chi connectivity index (χ1n) is 7.92. The van der Waals surface area contributed by atoms with E-state index in [1.165, 1.54) is 30.5 Å². The van der Waals surface area contributed by atoms with Gasteiger partial charge in [0.2, 0.25) is 0 Å². The van der Waals surface area contributed by atoms with Gasteiger partial charge in [0.1, 0.15) is 6.10 Å². The van der Waals surface area contributed by atoms with Crippen molar-refractivity contribution < 1.29 is 4.74 Å². The summed E-state index contributed by atoms with van der Waals surface area (Å²) in [5, 5.41) is 3.28. The molecule has 0 aliphatic heterocycles. The molecule has 4 heteroatoms. The average molecular weight is 275 g/mol. The van der Waals surface area contributed by atoms with Crippen molar-refractivity contribution in [3.8, 4) is 0 Å². The highest BCUT2D eigenvalue weighted by atomic mass is 16.5. The normalized spacial score (nSPS) is 23.4.